The SMILES string of the molecule is CNC(=O)C(C)CN(C)S(=O)(=O)c1ccccc1F. The van der Waals surface area contributed by atoms with E-state index in [4.69, 9.17) is 0 Å². The summed E-state index contributed by atoms with van der Waals surface area (Å²) in [6.07, 6.45) is 0. The first-order valence-electron chi connectivity index (χ1n) is 5.73. The van der Waals surface area contributed by atoms with Gasteiger partial charge in [0, 0.05) is 26.6 Å². The fourth-order valence-corrected chi connectivity index (χ4v) is 2.96. The van der Waals surface area contributed by atoms with E-state index >= 15 is 0 Å². The van der Waals surface area contributed by atoms with Crippen molar-refractivity contribution < 1.29 is 17.6 Å². The van der Waals surface area contributed by atoms with E-state index in [1.807, 2.05) is 0 Å². The first kappa shape index (κ1) is 15.6. The lowest BCUT2D eigenvalue weighted by molar-refractivity contribution is -0.124. The van der Waals surface area contributed by atoms with Gasteiger partial charge in [0.1, 0.15) is 10.7 Å². The number of halogens is 1. The number of nitrogens with one attached hydrogen (secondary N) is 1. The predicted octanol–water partition coefficient (Wildman–Crippen LogP) is 0.828. The molecule has 5 nitrogen and oxygen atoms in total. The minimum atomic E-state index is -3.93. The second kappa shape index (κ2) is 6.12. The van der Waals surface area contributed by atoms with Gasteiger partial charge in [-0.25, -0.2) is 17.1 Å². The minimum Gasteiger partial charge on any atom is -0.359 e. The van der Waals surface area contributed by atoms with Crippen molar-refractivity contribution in [1.29, 1.82) is 0 Å². The number of rotatable bonds is 5. The third kappa shape index (κ3) is 3.51. The number of amides is 1. The Morgan fingerprint density at radius 1 is 1.42 bits per heavy atom. The van der Waals surface area contributed by atoms with Crippen LogP contribution < -0.4 is 5.32 Å². The van der Waals surface area contributed by atoms with Gasteiger partial charge in [0.25, 0.3) is 0 Å². The van der Waals surface area contributed by atoms with Gasteiger partial charge in [0.15, 0.2) is 0 Å². The standard InChI is InChI=1S/C12H17FN2O3S/c1-9(12(16)14-2)8-15(3)19(17,18)11-7-5-4-6-10(11)13/h4-7,9H,8H2,1-3H3,(H,14,16). The Balaban J connectivity index is 2.96. The van der Waals surface area contributed by atoms with Gasteiger partial charge in [-0.1, -0.05) is 19.1 Å². The summed E-state index contributed by atoms with van der Waals surface area (Å²) in [6.45, 7) is 1.59. The van der Waals surface area contributed by atoms with Gasteiger partial charge in [-0.3, -0.25) is 4.79 Å². The first-order chi connectivity index (χ1) is 8.80. The van der Waals surface area contributed by atoms with Crippen molar-refractivity contribution in [1.82, 2.24) is 9.62 Å². The molecule has 1 N–H and O–H groups in total. The van der Waals surface area contributed by atoms with E-state index < -0.39 is 21.8 Å². The molecular weight excluding hydrogens is 271 g/mol. The van der Waals surface area contributed by atoms with Crippen LogP contribution in [0.15, 0.2) is 29.2 Å². The highest BCUT2D eigenvalue weighted by Gasteiger charge is 2.26. The van der Waals surface area contributed by atoms with Crippen LogP contribution in [0.4, 0.5) is 4.39 Å². The largest absolute Gasteiger partial charge is 0.359 e. The van der Waals surface area contributed by atoms with Crippen LogP contribution in [-0.2, 0) is 14.8 Å². The maximum absolute atomic E-state index is 13.5. The normalized spacial score (nSPS) is 13.3. The zero-order valence-electron chi connectivity index (χ0n) is 11.1. The molecule has 106 valence electrons. The smallest absolute Gasteiger partial charge is 0.245 e. The molecule has 1 aromatic rings. The van der Waals surface area contributed by atoms with Gasteiger partial charge in [0.05, 0.1) is 0 Å². The summed E-state index contributed by atoms with van der Waals surface area (Å²) < 4.78 is 38.8. The molecule has 1 unspecified atom stereocenters. The van der Waals surface area contributed by atoms with Crippen LogP contribution in [0.1, 0.15) is 6.92 Å². The van der Waals surface area contributed by atoms with Crippen molar-refractivity contribution in [2.45, 2.75) is 11.8 Å². The summed E-state index contributed by atoms with van der Waals surface area (Å²) in [6, 6.07) is 5.15. The Bertz CT molecular complexity index is 560. The van der Waals surface area contributed by atoms with E-state index in [9.17, 15) is 17.6 Å². The number of sulfonamides is 1. The highest BCUT2D eigenvalue weighted by atomic mass is 32.2. The van der Waals surface area contributed by atoms with Crippen LogP contribution in [0.5, 0.6) is 0 Å². The number of carbonyl (C=O) groups is 1. The van der Waals surface area contributed by atoms with Gasteiger partial charge in [-0.2, -0.15) is 0 Å². The maximum Gasteiger partial charge on any atom is 0.245 e. The number of hydrogen-bond acceptors (Lipinski definition) is 3. The number of benzene rings is 1. The van der Waals surface area contributed by atoms with E-state index in [0.717, 1.165) is 10.4 Å². The molecule has 1 amide bonds. The molecule has 1 aromatic carbocycles. The zero-order chi connectivity index (χ0) is 14.6. The number of carbonyl (C=O) groups excluding carboxylic acids is 1. The van der Waals surface area contributed by atoms with Gasteiger partial charge < -0.3 is 5.32 Å². The van der Waals surface area contributed by atoms with Gasteiger partial charge in [-0.15, -0.1) is 0 Å². The molecule has 0 aliphatic rings. The highest BCUT2D eigenvalue weighted by Crippen LogP contribution is 2.18. The average Bonchev–Trinajstić information content (AvgIpc) is 2.37. The van der Waals surface area contributed by atoms with E-state index in [-0.39, 0.29) is 17.3 Å². The van der Waals surface area contributed by atoms with Crippen LogP contribution in [0.25, 0.3) is 0 Å². The van der Waals surface area contributed by atoms with Crippen molar-refractivity contribution in [2.24, 2.45) is 5.92 Å². The molecule has 1 rings (SSSR count). The van der Waals surface area contributed by atoms with Crippen LogP contribution >= 0.6 is 0 Å². The lowest BCUT2D eigenvalue weighted by atomic mass is 10.2. The predicted molar refractivity (Wildman–Crippen MR) is 69.4 cm³/mol. The van der Waals surface area contributed by atoms with E-state index in [0.29, 0.717) is 0 Å². The summed E-state index contributed by atoms with van der Waals surface area (Å²) in [5, 5.41) is 2.44. The molecule has 19 heavy (non-hydrogen) atoms. The molecule has 0 saturated carbocycles. The second-order valence-corrected chi connectivity index (χ2v) is 6.24. The fourth-order valence-electron chi connectivity index (χ4n) is 1.63. The lowest BCUT2D eigenvalue weighted by Gasteiger charge is -2.20. The van der Waals surface area contributed by atoms with Crippen LogP contribution in [0.3, 0.4) is 0 Å². The number of hydrogen-bond donors (Lipinski definition) is 1. The number of nitrogens with zero attached hydrogens (tertiary/aromatic N) is 1. The Hall–Kier alpha value is -1.47. The van der Waals surface area contributed by atoms with Gasteiger partial charge >= 0.3 is 0 Å². The highest BCUT2D eigenvalue weighted by molar-refractivity contribution is 7.89. The average molecular weight is 288 g/mol. The monoisotopic (exact) mass is 288 g/mol. The third-order valence-electron chi connectivity index (χ3n) is 2.75. The molecule has 0 bridgehead atoms. The van der Waals surface area contributed by atoms with E-state index in [2.05, 4.69) is 5.32 Å². The summed E-state index contributed by atoms with van der Waals surface area (Å²) in [5.41, 5.74) is 0. The van der Waals surface area contributed by atoms with Crippen molar-refractivity contribution in [2.75, 3.05) is 20.6 Å². The van der Waals surface area contributed by atoms with E-state index in [1.54, 1.807) is 6.92 Å². The Labute approximate surface area is 112 Å². The summed E-state index contributed by atoms with van der Waals surface area (Å²) in [4.78, 5) is 11.0. The molecule has 0 fully saturated rings. The van der Waals surface area contributed by atoms with Crippen LogP contribution in [0, 0.1) is 11.7 Å². The maximum atomic E-state index is 13.5. The molecule has 0 heterocycles. The Morgan fingerprint density at radius 3 is 2.53 bits per heavy atom. The van der Waals surface area contributed by atoms with Gasteiger partial charge in [-0.05, 0) is 12.1 Å². The van der Waals surface area contributed by atoms with Crippen molar-refractivity contribution in [3.05, 3.63) is 30.1 Å². The Morgan fingerprint density at radius 2 is 2.00 bits per heavy atom. The molecule has 0 saturated heterocycles. The minimum absolute atomic E-state index is 0.0175. The quantitative estimate of drug-likeness (QED) is 0.872. The molecule has 0 aromatic heterocycles. The summed E-state index contributed by atoms with van der Waals surface area (Å²) in [5.74, 6) is -1.59. The molecular formula is C12H17FN2O3S. The molecule has 0 aliphatic heterocycles. The van der Waals surface area contributed by atoms with Gasteiger partial charge in [0.2, 0.25) is 15.9 Å². The fraction of sp³-hybridized carbons (Fsp3) is 0.417. The van der Waals surface area contributed by atoms with Crippen LogP contribution in [-0.4, -0.2) is 39.3 Å². The summed E-state index contributed by atoms with van der Waals surface area (Å²) in [7, 11) is -1.13. The second-order valence-electron chi connectivity index (χ2n) is 4.23. The third-order valence-corrected chi connectivity index (χ3v) is 4.61. The van der Waals surface area contributed by atoms with Crippen molar-refractivity contribution in [3.63, 3.8) is 0 Å². The van der Waals surface area contributed by atoms with E-state index in [1.165, 1.54) is 32.3 Å². The molecule has 1 atom stereocenters. The summed E-state index contributed by atoms with van der Waals surface area (Å²) >= 11 is 0. The lowest BCUT2D eigenvalue weighted by Crippen LogP contribution is -2.37. The molecule has 0 aliphatic carbocycles. The molecule has 7 heteroatoms. The van der Waals surface area contributed by atoms with Crippen molar-refractivity contribution >= 4 is 15.9 Å². The topological polar surface area (TPSA) is 66.5 Å². The first-order valence-corrected chi connectivity index (χ1v) is 7.17. The molecule has 0 spiro atoms. The Kier molecular flexibility index (Phi) is 5.02. The zero-order valence-corrected chi connectivity index (χ0v) is 11.9. The van der Waals surface area contributed by atoms with Crippen molar-refractivity contribution in [3.8, 4) is 0 Å². The molecule has 0 radical (unpaired) electrons. The van der Waals surface area contributed by atoms with Crippen LogP contribution in [0.2, 0.25) is 0 Å².